The fourth-order valence-electron chi connectivity index (χ4n) is 1.42. The number of hydrogen-bond donors (Lipinski definition) is 0. The van der Waals surface area contributed by atoms with E-state index in [0.29, 0.717) is 11.8 Å². The lowest BCUT2D eigenvalue weighted by Crippen LogP contribution is -2.05. The summed E-state index contributed by atoms with van der Waals surface area (Å²) in [5, 5.41) is 0. The number of allylic oxidation sites excluding steroid dienone is 2. The van der Waals surface area contributed by atoms with Crippen LogP contribution in [0.1, 0.15) is 40.0 Å². The summed E-state index contributed by atoms with van der Waals surface area (Å²) < 4.78 is 5.66. The van der Waals surface area contributed by atoms with E-state index in [9.17, 15) is 0 Å². The highest BCUT2D eigenvalue weighted by atomic mass is 16.5. The largest absolute Gasteiger partial charge is 0.477 e. The van der Waals surface area contributed by atoms with Gasteiger partial charge in [0.2, 0.25) is 5.90 Å². The van der Waals surface area contributed by atoms with Gasteiger partial charge in [0.05, 0.1) is 6.61 Å². The molecule has 0 aromatic rings. The van der Waals surface area contributed by atoms with Gasteiger partial charge in [-0.1, -0.05) is 26.5 Å². The molecule has 1 rings (SSSR count). The molecule has 2 nitrogen and oxygen atoms in total. The van der Waals surface area contributed by atoms with Gasteiger partial charge in [-0.05, 0) is 44.1 Å². The Kier molecular flexibility index (Phi) is 5.30. The van der Waals surface area contributed by atoms with Crippen molar-refractivity contribution in [1.29, 1.82) is 0 Å². The fraction of sp³-hybridized carbons (Fsp3) is 0.643. The predicted molar refractivity (Wildman–Crippen MR) is 69.5 cm³/mol. The third kappa shape index (κ3) is 5.74. The van der Waals surface area contributed by atoms with Crippen molar-refractivity contribution in [2.24, 2.45) is 16.8 Å². The lowest BCUT2D eigenvalue weighted by molar-refractivity contribution is 0.289. The highest BCUT2D eigenvalue weighted by Crippen LogP contribution is 2.29. The molecule has 90 valence electrons. The zero-order valence-corrected chi connectivity index (χ0v) is 10.7. The van der Waals surface area contributed by atoms with Gasteiger partial charge >= 0.3 is 0 Å². The maximum absolute atomic E-state index is 5.66. The molecule has 16 heavy (non-hydrogen) atoms. The third-order valence-corrected chi connectivity index (χ3v) is 2.39. The molecule has 0 aliphatic heterocycles. The Morgan fingerprint density at radius 2 is 2.19 bits per heavy atom. The SMILES string of the molecule is C=C(CC(C)C)N=C(/C=C\C)OCC1CC1. The van der Waals surface area contributed by atoms with E-state index < -0.39 is 0 Å². The van der Waals surface area contributed by atoms with Gasteiger partial charge in [-0.2, -0.15) is 0 Å². The smallest absolute Gasteiger partial charge is 0.213 e. The minimum Gasteiger partial charge on any atom is -0.477 e. The molecular formula is C14H23NO. The summed E-state index contributed by atoms with van der Waals surface area (Å²) in [5.74, 6) is 2.06. The second-order valence-electron chi connectivity index (χ2n) is 4.87. The van der Waals surface area contributed by atoms with Crippen molar-refractivity contribution in [2.75, 3.05) is 6.61 Å². The Hall–Kier alpha value is -1.05. The van der Waals surface area contributed by atoms with Crippen LogP contribution in [-0.2, 0) is 4.74 Å². The first-order valence-electron chi connectivity index (χ1n) is 6.13. The summed E-state index contributed by atoms with van der Waals surface area (Å²) in [5.41, 5.74) is 0.902. The number of ether oxygens (including phenoxy) is 1. The molecule has 0 aromatic carbocycles. The molecular weight excluding hydrogens is 198 g/mol. The summed E-state index contributed by atoms with van der Waals surface area (Å²) in [4.78, 5) is 4.42. The first-order valence-corrected chi connectivity index (χ1v) is 6.13. The van der Waals surface area contributed by atoms with Gasteiger partial charge in [0.15, 0.2) is 0 Å². The first-order chi connectivity index (χ1) is 7.61. The molecule has 1 saturated carbocycles. The molecule has 0 aromatic heterocycles. The van der Waals surface area contributed by atoms with Gasteiger partial charge in [0.1, 0.15) is 0 Å². The lowest BCUT2D eigenvalue weighted by Gasteiger charge is -2.07. The van der Waals surface area contributed by atoms with Crippen molar-refractivity contribution >= 4 is 5.90 Å². The van der Waals surface area contributed by atoms with Crippen LogP contribution in [0.4, 0.5) is 0 Å². The molecule has 0 spiro atoms. The van der Waals surface area contributed by atoms with Crippen molar-refractivity contribution in [3.8, 4) is 0 Å². The predicted octanol–water partition coefficient (Wildman–Crippen LogP) is 3.95. The van der Waals surface area contributed by atoms with E-state index in [2.05, 4.69) is 25.4 Å². The molecule has 0 atom stereocenters. The summed E-state index contributed by atoms with van der Waals surface area (Å²) in [6.07, 6.45) is 7.39. The minimum absolute atomic E-state index is 0.589. The van der Waals surface area contributed by atoms with Crippen molar-refractivity contribution in [3.63, 3.8) is 0 Å². The quantitative estimate of drug-likeness (QED) is 0.491. The van der Waals surface area contributed by atoms with Gasteiger partial charge in [0, 0.05) is 5.70 Å². The van der Waals surface area contributed by atoms with Crippen molar-refractivity contribution in [1.82, 2.24) is 0 Å². The van der Waals surface area contributed by atoms with E-state index >= 15 is 0 Å². The Bertz CT molecular complexity index is 285. The van der Waals surface area contributed by atoms with Gasteiger partial charge in [-0.15, -0.1) is 0 Å². The van der Waals surface area contributed by atoms with E-state index in [0.717, 1.165) is 24.6 Å². The highest BCUT2D eigenvalue weighted by molar-refractivity contribution is 5.88. The first kappa shape index (κ1) is 13.0. The molecule has 0 radical (unpaired) electrons. The van der Waals surface area contributed by atoms with Crippen LogP contribution in [0, 0.1) is 11.8 Å². The summed E-state index contributed by atoms with van der Waals surface area (Å²) in [7, 11) is 0. The van der Waals surface area contributed by atoms with Gasteiger partial charge < -0.3 is 4.74 Å². The van der Waals surface area contributed by atoms with Gasteiger partial charge in [0.25, 0.3) is 0 Å². The minimum atomic E-state index is 0.589. The molecule has 1 aliphatic carbocycles. The van der Waals surface area contributed by atoms with Gasteiger partial charge in [-0.25, -0.2) is 4.99 Å². The lowest BCUT2D eigenvalue weighted by atomic mass is 10.1. The molecule has 0 N–H and O–H groups in total. The Morgan fingerprint density at radius 1 is 1.50 bits per heavy atom. The maximum Gasteiger partial charge on any atom is 0.213 e. The van der Waals surface area contributed by atoms with Crippen LogP contribution in [0.2, 0.25) is 0 Å². The molecule has 1 aliphatic rings. The zero-order chi connectivity index (χ0) is 12.0. The Labute approximate surface area is 99.1 Å². The van der Waals surface area contributed by atoms with Crippen LogP contribution >= 0.6 is 0 Å². The second-order valence-corrected chi connectivity index (χ2v) is 4.87. The van der Waals surface area contributed by atoms with E-state index in [-0.39, 0.29) is 0 Å². The molecule has 0 unspecified atom stereocenters. The van der Waals surface area contributed by atoms with E-state index in [1.54, 1.807) is 0 Å². The van der Waals surface area contributed by atoms with E-state index in [4.69, 9.17) is 4.74 Å². The summed E-state index contributed by atoms with van der Waals surface area (Å²) in [6, 6.07) is 0. The standard InChI is InChI=1S/C14H23NO/c1-5-6-14(16-10-13-7-8-13)15-12(4)9-11(2)3/h5-6,11,13H,4,7-10H2,1-3H3/b6-5-,15-14?. The summed E-state index contributed by atoms with van der Waals surface area (Å²) in [6.45, 7) is 11.1. The van der Waals surface area contributed by atoms with Crippen LogP contribution in [-0.4, -0.2) is 12.5 Å². The number of aliphatic imine (C=N–C) groups is 1. The molecule has 0 saturated heterocycles. The van der Waals surface area contributed by atoms with Crippen LogP contribution in [0.15, 0.2) is 29.4 Å². The van der Waals surface area contributed by atoms with Gasteiger partial charge in [-0.3, -0.25) is 0 Å². The third-order valence-electron chi connectivity index (χ3n) is 2.39. The zero-order valence-electron chi connectivity index (χ0n) is 10.7. The van der Waals surface area contributed by atoms with Crippen molar-refractivity contribution in [2.45, 2.75) is 40.0 Å². The maximum atomic E-state index is 5.66. The molecule has 0 heterocycles. The van der Waals surface area contributed by atoms with E-state index in [1.165, 1.54) is 12.8 Å². The monoisotopic (exact) mass is 221 g/mol. The van der Waals surface area contributed by atoms with Crippen LogP contribution in [0.5, 0.6) is 0 Å². The molecule has 1 fully saturated rings. The topological polar surface area (TPSA) is 21.6 Å². The molecule has 2 heteroatoms. The van der Waals surface area contributed by atoms with Crippen molar-refractivity contribution in [3.05, 3.63) is 24.4 Å². The molecule has 0 bridgehead atoms. The normalized spacial score (nSPS) is 17.1. The number of rotatable bonds is 6. The van der Waals surface area contributed by atoms with Crippen LogP contribution in [0.3, 0.4) is 0 Å². The second kappa shape index (κ2) is 6.51. The average molecular weight is 221 g/mol. The number of nitrogens with zero attached hydrogens (tertiary/aromatic N) is 1. The van der Waals surface area contributed by atoms with Crippen LogP contribution in [0.25, 0.3) is 0 Å². The number of hydrogen-bond acceptors (Lipinski definition) is 2. The fourth-order valence-corrected chi connectivity index (χ4v) is 1.42. The average Bonchev–Trinajstić information content (AvgIpc) is 2.96. The highest BCUT2D eigenvalue weighted by Gasteiger charge is 2.22. The summed E-state index contributed by atoms with van der Waals surface area (Å²) >= 11 is 0. The Morgan fingerprint density at radius 3 is 2.69 bits per heavy atom. The van der Waals surface area contributed by atoms with Crippen molar-refractivity contribution < 1.29 is 4.74 Å². The van der Waals surface area contributed by atoms with Crippen LogP contribution < -0.4 is 0 Å². The Balaban J connectivity index is 2.45. The molecule has 0 amide bonds. The van der Waals surface area contributed by atoms with E-state index in [1.807, 2.05) is 19.1 Å².